The molecule has 2 aromatic carbocycles. The van der Waals surface area contributed by atoms with E-state index in [-0.39, 0.29) is 44.3 Å². The van der Waals surface area contributed by atoms with Crippen molar-refractivity contribution >= 4 is 63.1 Å². The van der Waals surface area contributed by atoms with Crippen molar-refractivity contribution in [2.75, 3.05) is 56.2 Å². The van der Waals surface area contributed by atoms with Gasteiger partial charge >= 0.3 is 0 Å². The summed E-state index contributed by atoms with van der Waals surface area (Å²) in [5.41, 5.74) is 4.97. The van der Waals surface area contributed by atoms with Crippen molar-refractivity contribution in [2.45, 2.75) is 88.9 Å². The average Bonchev–Trinajstić information content (AvgIpc) is 4.09. The first-order valence-electron chi connectivity index (χ1n) is 22.0. The number of benzene rings is 2. The first-order valence-corrected chi connectivity index (χ1v) is 26.1. The first-order chi connectivity index (χ1) is 30.6. The van der Waals surface area contributed by atoms with Gasteiger partial charge in [-0.3, -0.25) is 14.5 Å². The molecule has 9 rings (SSSR count). The second-order valence-electron chi connectivity index (χ2n) is 17.5. The lowest BCUT2D eigenvalue weighted by Gasteiger charge is -2.26. The number of halogens is 1. The maximum Gasteiger partial charge on any atom is 0.271 e. The van der Waals surface area contributed by atoms with Crippen molar-refractivity contribution in [1.82, 2.24) is 25.2 Å². The average molecular weight is 980 g/mol. The Hall–Kier alpha value is -4.62. The van der Waals surface area contributed by atoms with Gasteiger partial charge in [-0.1, -0.05) is 36.0 Å². The lowest BCUT2D eigenvalue weighted by Crippen LogP contribution is -2.39. The summed E-state index contributed by atoms with van der Waals surface area (Å²) in [4.78, 5) is 33.6. The highest BCUT2D eigenvalue weighted by Gasteiger charge is 2.29. The van der Waals surface area contributed by atoms with Gasteiger partial charge in [0, 0.05) is 48.1 Å². The third-order valence-electron chi connectivity index (χ3n) is 12.8. The maximum atomic E-state index is 13.7. The number of aromatic amines is 2. The van der Waals surface area contributed by atoms with Gasteiger partial charge in [0.15, 0.2) is 19.7 Å². The van der Waals surface area contributed by atoms with Crippen molar-refractivity contribution in [3.8, 4) is 22.3 Å². The molecular formula is C46H55BrN6O9S2. The van der Waals surface area contributed by atoms with Crippen LogP contribution in [0.5, 0.6) is 0 Å². The van der Waals surface area contributed by atoms with Gasteiger partial charge in [-0.15, -0.1) is 0 Å². The number of hydrogen-bond acceptors (Lipinski definition) is 13. The number of rotatable bonds is 12. The number of hydrogen-bond donors (Lipinski definition) is 3. The van der Waals surface area contributed by atoms with Crippen molar-refractivity contribution in [3.63, 3.8) is 0 Å². The minimum Gasteiger partial charge on any atom is -0.379 e. The molecule has 342 valence electrons. The standard InChI is InChI=1S/C26H34N4O5S.C20H21BrN2O4S/c1-17-25(18(2)35-29-17)20-13-22-21(24(14-20)36(32,33)16-19-5-3-4-6-19)15-23(26(31)28-22)27-7-8-30-9-11-34-12-10-30;1-11-19(12(2)27-23-11)14-7-17-15(9-16(21)20(24)22-17)18(8-14)28(25,26)10-13-5-3-4-6-13/h13-15,19,27H,3-12,16H2,1-2H3,(H,28,31);7-9,13H,3-6,10H2,1-2H3,(H,22,24). The van der Waals surface area contributed by atoms with Gasteiger partial charge in [-0.05, 0) is 129 Å². The molecule has 0 radical (unpaired) electrons. The number of sulfone groups is 2. The van der Waals surface area contributed by atoms with E-state index in [0.717, 1.165) is 82.1 Å². The molecule has 0 amide bonds. The zero-order valence-electron chi connectivity index (χ0n) is 36.6. The lowest BCUT2D eigenvalue weighted by molar-refractivity contribution is 0.0398. The van der Waals surface area contributed by atoms with Crippen molar-refractivity contribution in [1.29, 1.82) is 0 Å². The SMILES string of the molecule is Cc1noc(C)c1-c1cc(S(=O)(=O)CC2CCCC2)c2cc(Br)c(=O)[nH]c2c1.Cc1noc(C)c1-c1cc(S(=O)(=O)CC2CCCC2)c2cc(NCCN3CCOCC3)c(=O)[nH]c2c1. The highest BCUT2D eigenvalue weighted by atomic mass is 79.9. The van der Waals surface area contributed by atoms with E-state index in [1.165, 1.54) is 0 Å². The van der Waals surface area contributed by atoms with Crippen LogP contribution in [0.25, 0.3) is 44.1 Å². The summed E-state index contributed by atoms with van der Waals surface area (Å²) >= 11 is 3.22. The number of nitrogens with zero attached hydrogens (tertiary/aromatic N) is 3. The Morgan fingerprint density at radius 1 is 0.688 bits per heavy atom. The number of fused-ring (bicyclic) bond motifs is 2. The van der Waals surface area contributed by atoms with Gasteiger partial charge in [0.1, 0.15) is 17.2 Å². The third kappa shape index (κ3) is 9.95. The van der Waals surface area contributed by atoms with Crippen LogP contribution in [0.15, 0.2) is 69.3 Å². The summed E-state index contributed by atoms with van der Waals surface area (Å²) in [7, 11) is -7.13. The Bertz CT molecular complexity index is 2990. The van der Waals surface area contributed by atoms with E-state index >= 15 is 0 Å². The van der Waals surface area contributed by atoms with Crippen molar-refractivity contribution in [2.24, 2.45) is 11.8 Å². The van der Waals surface area contributed by atoms with Crippen LogP contribution in [0.2, 0.25) is 0 Å². The second kappa shape index (κ2) is 19.1. The van der Waals surface area contributed by atoms with Crippen molar-refractivity contribution < 1.29 is 30.6 Å². The van der Waals surface area contributed by atoms with E-state index in [1.807, 2.05) is 19.9 Å². The van der Waals surface area contributed by atoms with Gasteiger partial charge < -0.3 is 29.1 Å². The van der Waals surface area contributed by atoms with Crippen LogP contribution in [-0.2, 0) is 24.4 Å². The Kier molecular flexibility index (Phi) is 13.7. The van der Waals surface area contributed by atoms with E-state index < -0.39 is 19.7 Å². The van der Waals surface area contributed by atoms with Crippen LogP contribution < -0.4 is 16.4 Å². The summed E-state index contributed by atoms with van der Waals surface area (Å²) in [6, 6.07) is 10.3. The molecule has 1 aliphatic heterocycles. The Morgan fingerprint density at radius 3 is 1.62 bits per heavy atom. The molecule has 1 saturated heterocycles. The molecule has 15 nitrogen and oxygen atoms in total. The zero-order chi connectivity index (χ0) is 45.3. The summed E-state index contributed by atoms with van der Waals surface area (Å²) in [6.45, 7) is 11.7. The predicted molar refractivity (Wildman–Crippen MR) is 251 cm³/mol. The third-order valence-corrected chi connectivity index (χ3v) is 17.2. The molecule has 5 heterocycles. The number of aryl methyl sites for hydroxylation is 4. The molecular weight excluding hydrogens is 925 g/mol. The maximum absolute atomic E-state index is 13.7. The second-order valence-corrected chi connectivity index (χ2v) is 22.3. The van der Waals surface area contributed by atoms with Crippen LogP contribution in [0.4, 0.5) is 5.69 Å². The van der Waals surface area contributed by atoms with E-state index in [0.29, 0.717) is 85.8 Å². The molecule has 2 aliphatic carbocycles. The Balaban J connectivity index is 0.000000181. The summed E-state index contributed by atoms with van der Waals surface area (Å²) in [5.74, 6) is 1.82. The molecule has 0 bridgehead atoms. The minimum absolute atomic E-state index is 0.117. The molecule has 18 heteroatoms. The van der Waals surface area contributed by atoms with Gasteiger partial charge in [-0.25, -0.2) is 16.8 Å². The normalized spacial score (nSPS) is 16.8. The highest BCUT2D eigenvalue weighted by molar-refractivity contribution is 9.10. The summed E-state index contributed by atoms with van der Waals surface area (Å²) in [6.07, 6.45) is 8.08. The first kappa shape index (κ1) is 45.9. The molecule has 2 saturated carbocycles. The number of nitrogens with one attached hydrogen (secondary N) is 3. The van der Waals surface area contributed by atoms with Gasteiger partial charge in [0.2, 0.25) is 0 Å². The fraction of sp³-hybridized carbons (Fsp3) is 0.478. The van der Waals surface area contributed by atoms with E-state index in [1.54, 1.807) is 44.2 Å². The van der Waals surface area contributed by atoms with E-state index in [2.05, 4.69) is 46.4 Å². The van der Waals surface area contributed by atoms with Crippen LogP contribution in [0, 0.1) is 39.5 Å². The van der Waals surface area contributed by atoms with Gasteiger partial charge in [0.05, 0.1) is 61.4 Å². The number of H-pyrrole nitrogens is 2. The molecule has 4 aromatic heterocycles. The molecule has 3 aliphatic rings. The van der Waals surface area contributed by atoms with Crippen molar-refractivity contribution in [3.05, 3.63) is 84.5 Å². The predicted octanol–water partition coefficient (Wildman–Crippen LogP) is 8.03. The number of pyridine rings is 2. The Labute approximate surface area is 380 Å². The largest absolute Gasteiger partial charge is 0.379 e. The fourth-order valence-electron chi connectivity index (χ4n) is 9.58. The number of ether oxygens (including phenoxy) is 1. The smallest absolute Gasteiger partial charge is 0.271 e. The van der Waals surface area contributed by atoms with Crippen LogP contribution in [-0.4, -0.2) is 92.9 Å². The number of anilines is 1. The molecule has 6 aromatic rings. The molecule has 3 N–H and O–H groups in total. The zero-order valence-corrected chi connectivity index (χ0v) is 39.9. The number of aromatic nitrogens is 4. The summed E-state index contributed by atoms with van der Waals surface area (Å²) < 4.78 is 70.5. The minimum atomic E-state index is -3.60. The fourth-order valence-corrected chi connectivity index (χ4v) is 13.8. The van der Waals surface area contributed by atoms with Crippen LogP contribution >= 0.6 is 15.9 Å². The number of morpholine rings is 1. The van der Waals surface area contributed by atoms with Gasteiger partial charge in [0.25, 0.3) is 11.1 Å². The molecule has 0 unspecified atom stereocenters. The monoisotopic (exact) mass is 978 g/mol. The molecule has 0 atom stereocenters. The quantitative estimate of drug-likeness (QED) is 0.106. The summed E-state index contributed by atoms with van der Waals surface area (Å²) in [5, 5.41) is 12.3. The van der Waals surface area contributed by atoms with Crippen LogP contribution in [0.3, 0.4) is 0 Å². The Morgan fingerprint density at radius 2 is 1.16 bits per heavy atom. The topological polar surface area (TPSA) is 211 Å². The van der Waals surface area contributed by atoms with E-state index in [9.17, 15) is 26.4 Å². The van der Waals surface area contributed by atoms with E-state index in [4.69, 9.17) is 13.8 Å². The highest BCUT2D eigenvalue weighted by Crippen LogP contribution is 2.38. The molecule has 64 heavy (non-hydrogen) atoms. The van der Waals surface area contributed by atoms with Gasteiger partial charge in [-0.2, -0.15) is 0 Å². The lowest BCUT2D eigenvalue weighted by atomic mass is 10.0. The van der Waals surface area contributed by atoms with Crippen LogP contribution in [0.1, 0.15) is 74.3 Å². The molecule has 0 spiro atoms. The molecule has 3 fully saturated rings.